The normalized spacial score (nSPS) is 9.69. The number of anilines is 1. The predicted molar refractivity (Wildman–Crippen MR) is 75.6 cm³/mol. The molecule has 0 aromatic heterocycles. The number of aryl methyl sites for hydroxylation is 1. The van der Waals surface area contributed by atoms with Crippen LogP contribution in [0.5, 0.6) is 0 Å². The van der Waals surface area contributed by atoms with E-state index in [2.05, 4.69) is 32.6 Å². The van der Waals surface area contributed by atoms with Crippen molar-refractivity contribution in [2.24, 2.45) is 5.73 Å². The Balaban J connectivity index is 3.27. The van der Waals surface area contributed by atoms with Crippen LogP contribution in [0.2, 0.25) is 0 Å². The first-order valence-corrected chi connectivity index (χ1v) is 5.89. The number of hydrogen-bond donors (Lipinski definition) is 2. The van der Waals surface area contributed by atoms with E-state index >= 15 is 0 Å². The lowest BCUT2D eigenvalue weighted by atomic mass is 10.1. The molecule has 4 nitrogen and oxygen atoms in total. The first-order chi connectivity index (χ1) is 7.45. The highest BCUT2D eigenvalue weighted by Crippen LogP contribution is 2.23. The molecule has 1 aromatic rings. The van der Waals surface area contributed by atoms with Gasteiger partial charge in [-0.2, -0.15) is 0 Å². The molecule has 1 rings (SSSR count). The first kappa shape index (κ1) is 13.2. The predicted octanol–water partition coefficient (Wildman–Crippen LogP) is 2.04. The molecule has 6 heteroatoms. The summed E-state index contributed by atoms with van der Waals surface area (Å²) in [5.41, 5.74) is 7.41. The highest BCUT2D eigenvalue weighted by atomic mass is 127. The van der Waals surface area contributed by atoms with E-state index in [-0.39, 0.29) is 5.11 Å². The maximum atomic E-state index is 11.5. The Kier molecular flexibility index (Phi) is 4.48. The summed E-state index contributed by atoms with van der Waals surface area (Å²) in [6.07, 6.45) is 0. The molecule has 0 aliphatic rings. The van der Waals surface area contributed by atoms with Crippen LogP contribution in [0.3, 0.4) is 0 Å². The zero-order valence-electron chi connectivity index (χ0n) is 8.83. The van der Waals surface area contributed by atoms with Gasteiger partial charge in [-0.05, 0) is 59.4 Å². The second kappa shape index (κ2) is 5.44. The van der Waals surface area contributed by atoms with Crippen molar-refractivity contribution < 1.29 is 9.53 Å². The largest absolute Gasteiger partial charge is 0.465 e. The SMILES string of the molecule is COC(=O)c1cc(I)c(C)cc1NC(N)=S. The number of halogens is 1. The molecule has 0 saturated heterocycles. The fraction of sp³-hybridized carbons (Fsp3) is 0.200. The second-order valence-corrected chi connectivity index (χ2v) is 4.73. The smallest absolute Gasteiger partial charge is 0.340 e. The third-order valence-corrected chi connectivity index (χ3v) is 3.23. The molecule has 0 aliphatic heterocycles. The molecule has 1 aromatic carbocycles. The van der Waals surface area contributed by atoms with Crippen LogP contribution in [0.25, 0.3) is 0 Å². The molecular formula is C10H11IN2O2S. The molecule has 0 saturated carbocycles. The Bertz CT molecular complexity index is 449. The van der Waals surface area contributed by atoms with Gasteiger partial charge in [-0.25, -0.2) is 4.79 Å². The van der Waals surface area contributed by atoms with Crippen molar-refractivity contribution in [3.63, 3.8) is 0 Å². The zero-order valence-corrected chi connectivity index (χ0v) is 11.8. The molecule has 3 N–H and O–H groups in total. The molecule has 0 aliphatic carbocycles. The lowest BCUT2D eigenvalue weighted by Crippen LogP contribution is -2.21. The highest BCUT2D eigenvalue weighted by molar-refractivity contribution is 14.1. The van der Waals surface area contributed by atoms with E-state index < -0.39 is 5.97 Å². The summed E-state index contributed by atoms with van der Waals surface area (Å²) >= 11 is 6.90. The number of carbonyl (C=O) groups is 1. The van der Waals surface area contributed by atoms with Crippen LogP contribution in [0.1, 0.15) is 15.9 Å². The van der Waals surface area contributed by atoms with E-state index in [1.165, 1.54) is 7.11 Å². The molecule has 0 unspecified atom stereocenters. The van der Waals surface area contributed by atoms with Crippen molar-refractivity contribution in [3.05, 3.63) is 26.8 Å². The van der Waals surface area contributed by atoms with Gasteiger partial charge < -0.3 is 15.8 Å². The monoisotopic (exact) mass is 350 g/mol. The standard InChI is InChI=1S/C10H11IN2O2S/c1-5-3-8(13-10(12)16)6(4-7(5)11)9(14)15-2/h3-4H,1-2H3,(H3,12,13,16). The topological polar surface area (TPSA) is 64.3 Å². The fourth-order valence-corrected chi connectivity index (χ4v) is 1.77. The van der Waals surface area contributed by atoms with Crippen LogP contribution < -0.4 is 11.1 Å². The van der Waals surface area contributed by atoms with Gasteiger partial charge in [0.15, 0.2) is 5.11 Å². The molecule has 0 bridgehead atoms. The van der Waals surface area contributed by atoms with Gasteiger partial charge in [0.1, 0.15) is 0 Å². The van der Waals surface area contributed by atoms with Gasteiger partial charge in [0.25, 0.3) is 0 Å². The molecule has 16 heavy (non-hydrogen) atoms. The van der Waals surface area contributed by atoms with Gasteiger partial charge in [-0.1, -0.05) is 0 Å². The highest BCUT2D eigenvalue weighted by Gasteiger charge is 2.14. The van der Waals surface area contributed by atoms with E-state index in [0.717, 1.165) is 9.13 Å². The van der Waals surface area contributed by atoms with E-state index in [1.807, 2.05) is 13.0 Å². The number of carbonyl (C=O) groups excluding carboxylic acids is 1. The number of thiocarbonyl (C=S) groups is 1. The molecular weight excluding hydrogens is 339 g/mol. The number of nitrogens with one attached hydrogen (secondary N) is 1. The van der Waals surface area contributed by atoms with Crippen LogP contribution in [-0.2, 0) is 4.74 Å². The third kappa shape index (κ3) is 3.05. The summed E-state index contributed by atoms with van der Waals surface area (Å²) in [5.74, 6) is -0.420. The van der Waals surface area contributed by atoms with Gasteiger partial charge in [-0.15, -0.1) is 0 Å². The van der Waals surface area contributed by atoms with E-state index in [4.69, 9.17) is 18.0 Å². The van der Waals surface area contributed by atoms with Crippen LogP contribution in [0, 0.1) is 10.5 Å². The number of hydrogen-bond acceptors (Lipinski definition) is 3. The Labute approximate surface area is 113 Å². The van der Waals surface area contributed by atoms with E-state index in [1.54, 1.807) is 6.07 Å². The van der Waals surface area contributed by atoms with Gasteiger partial charge in [0, 0.05) is 3.57 Å². The lowest BCUT2D eigenvalue weighted by Gasteiger charge is -2.11. The van der Waals surface area contributed by atoms with E-state index in [0.29, 0.717) is 11.3 Å². The maximum absolute atomic E-state index is 11.5. The number of nitrogens with two attached hydrogens (primary N) is 1. The van der Waals surface area contributed by atoms with Crippen molar-refractivity contribution in [1.29, 1.82) is 0 Å². The van der Waals surface area contributed by atoms with Crippen LogP contribution in [-0.4, -0.2) is 18.2 Å². The molecule has 0 radical (unpaired) electrons. The minimum atomic E-state index is -0.420. The third-order valence-electron chi connectivity index (χ3n) is 1.96. The van der Waals surface area contributed by atoms with Crippen molar-refractivity contribution in [2.75, 3.05) is 12.4 Å². The quantitative estimate of drug-likeness (QED) is 0.486. The van der Waals surface area contributed by atoms with E-state index in [9.17, 15) is 4.79 Å². The molecule has 0 atom stereocenters. The number of rotatable bonds is 2. The average molecular weight is 350 g/mol. The lowest BCUT2D eigenvalue weighted by molar-refractivity contribution is 0.0602. The molecule has 0 fully saturated rings. The van der Waals surface area contributed by atoms with Crippen molar-refractivity contribution in [3.8, 4) is 0 Å². The first-order valence-electron chi connectivity index (χ1n) is 4.40. The number of esters is 1. The summed E-state index contributed by atoms with van der Waals surface area (Å²) in [6.45, 7) is 1.94. The minimum absolute atomic E-state index is 0.116. The van der Waals surface area contributed by atoms with Crippen molar-refractivity contribution >= 4 is 51.6 Å². The second-order valence-electron chi connectivity index (χ2n) is 3.13. The van der Waals surface area contributed by atoms with Gasteiger partial charge >= 0.3 is 5.97 Å². The Morgan fingerprint density at radius 3 is 2.69 bits per heavy atom. The Morgan fingerprint density at radius 1 is 1.56 bits per heavy atom. The summed E-state index contributed by atoms with van der Waals surface area (Å²) < 4.78 is 5.67. The molecule has 0 amide bonds. The summed E-state index contributed by atoms with van der Waals surface area (Å²) in [6, 6.07) is 3.55. The molecule has 86 valence electrons. The summed E-state index contributed by atoms with van der Waals surface area (Å²) in [4.78, 5) is 11.5. The number of benzene rings is 1. The van der Waals surface area contributed by atoms with Crippen LogP contribution >= 0.6 is 34.8 Å². The molecule has 0 heterocycles. The van der Waals surface area contributed by atoms with Crippen molar-refractivity contribution in [2.45, 2.75) is 6.92 Å². The summed E-state index contributed by atoms with van der Waals surface area (Å²) in [7, 11) is 1.33. The van der Waals surface area contributed by atoms with Gasteiger partial charge in [-0.3, -0.25) is 0 Å². The fourth-order valence-electron chi connectivity index (χ4n) is 1.20. The molecule has 0 spiro atoms. The summed E-state index contributed by atoms with van der Waals surface area (Å²) in [5, 5.41) is 2.88. The van der Waals surface area contributed by atoms with Crippen molar-refractivity contribution in [1.82, 2.24) is 0 Å². The number of methoxy groups -OCH3 is 1. The Morgan fingerprint density at radius 2 is 2.19 bits per heavy atom. The van der Waals surface area contributed by atoms with Gasteiger partial charge in [0.2, 0.25) is 0 Å². The maximum Gasteiger partial charge on any atom is 0.340 e. The Hall–Kier alpha value is -0.890. The van der Waals surface area contributed by atoms with Gasteiger partial charge in [0.05, 0.1) is 18.4 Å². The van der Waals surface area contributed by atoms with Crippen LogP contribution in [0.4, 0.5) is 5.69 Å². The minimum Gasteiger partial charge on any atom is -0.465 e. The zero-order chi connectivity index (χ0) is 12.3. The van der Waals surface area contributed by atoms with Crippen LogP contribution in [0.15, 0.2) is 12.1 Å². The average Bonchev–Trinajstić information content (AvgIpc) is 2.21. The number of ether oxygens (including phenoxy) is 1.